The van der Waals surface area contributed by atoms with Crippen LogP contribution in [0.25, 0.3) is 0 Å². The fourth-order valence-corrected chi connectivity index (χ4v) is 3.20. The number of rotatable bonds is 15. The first-order chi connectivity index (χ1) is 14.4. The van der Waals surface area contributed by atoms with Crippen LogP contribution in [0.5, 0.6) is 5.75 Å². The Morgan fingerprint density at radius 1 is 0.900 bits per heavy atom. The molecule has 30 heavy (non-hydrogen) atoms. The first-order valence-corrected chi connectivity index (χ1v) is 10.9. The Labute approximate surface area is 179 Å². The molecule has 0 spiro atoms. The molecule has 0 aliphatic rings. The number of carbonyl (C=O) groups is 3. The van der Waals surface area contributed by atoms with Gasteiger partial charge in [0.15, 0.2) is 0 Å². The highest BCUT2D eigenvalue weighted by atomic mass is 16.5. The van der Waals surface area contributed by atoms with Gasteiger partial charge in [0.2, 0.25) is 5.91 Å². The van der Waals surface area contributed by atoms with E-state index in [1.165, 1.54) is 25.7 Å². The van der Waals surface area contributed by atoms with Gasteiger partial charge in [0, 0.05) is 12.8 Å². The van der Waals surface area contributed by atoms with Crippen molar-refractivity contribution in [1.82, 2.24) is 0 Å². The number of hydrogen-bond acceptors (Lipinski definition) is 4. The standard InChI is InChI=1S/C23H35NO6/c1-3-4-5-6-7-8-9-10-12-21(25)24(23(28)29)19-17-18(2)14-15-20(19)30-16-11-13-22(26)27/h14-15,17H,3-13,16H2,1-2H3,(H,26,27)(H,28,29). The number of carbonyl (C=O) groups excluding carboxylic acids is 1. The number of imide groups is 1. The lowest BCUT2D eigenvalue weighted by molar-refractivity contribution is -0.137. The van der Waals surface area contributed by atoms with E-state index in [1.54, 1.807) is 25.1 Å². The molecule has 0 heterocycles. The number of aliphatic carboxylic acids is 1. The molecule has 168 valence electrons. The molecule has 0 saturated heterocycles. The van der Waals surface area contributed by atoms with Gasteiger partial charge in [-0.2, -0.15) is 0 Å². The van der Waals surface area contributed by atoms with E-state index in [9.17, 15) is 19.5 Å². The van der Waals surface area contributed by atoms with E-state index >= 15 is 0 Å². The molecular weight excluding hydrogens is 386 g/mol. The van der Waals surface area contributed by atoms with Gasteiger partial charge in [-0.1, -0.05) is 57.9 Å². The van der Waals surface area contributed by atoms with E-state index in [0.717, 1.165) is 29.7 Å². The molecule has 7 nitrogen and oxygen atoms in total. The Morgan fingerprint density at radius 3 is 2.13 bits per heavy atom. The summed E-state index contributed by atoms with van der Waals surface area (Å²) in [5.41, 5.74) is 0.983. The zero-order chi connectivity index (χ0) is 22.4. The van der Waals surface area contributed by atoms with E-state index in [0.29, 0.717) is 12.8 Å². The van der Waals surface area contributed by atoms with E-state index < -0.39 is 18.0 Å². The monoisotopic (exact) mass is 421 g/mol. The lowest BCUT2D eigenvalue weighted by Gasteiger charge is -2.21. The number of carboxylic acid groups (broad SMARTS) is 2. The van der Waals surface area contributed by atoms with Crippen molar-refractivity contribution in [2.75, 3.05) is 11.5 Å². The molecule has 2 N–H and O–H groups in total. The van der Waals surface area contributed by atoms with Crippen LogP contribution < -0.4 is 9.64 Å². The molecule has 0 bridgehead atoms. The van der Waals surface area contributed by atoms with Gasteiger partial charge in [0.05, 0.1) is 12.3 Å². The summed E-state index contributed by atoms with van der Waals surface area (Å²) in [7, 11) is 0. The number of ether oxygens (including phenoxy) is 1. The van der Waals surface area contributed by atoms with E-state index in [4.69, 9.17) is 9.84 Å². The number of aryl methyl sites for hydroxylation is 1. The fourth-order valence-electron chi connectivity index (χ4n) is 3.20. The Bertz CT molecular complexity index is 688. The molecule has 2 amide bonds. The Hall–Kier alpha value is -2.57. The molecule has 0 atom stereocenters. The molecule has 0 aliphatic carbocycles. The second kappa shape index (κ2) is 14.4. The van der Waals surface area contributed by atoms with Gasteiger partial charge in [0.25, 0.3) is 0 Å². The molecule has 1 rings (SSSR count). The lowest BCUT2D eigenvalue weighted by atomic mass is 10.1. The summed E-state index contributed by atoms with van der Waals surface area (Å²) in [5, 5.41) is 18.4. The smallest absolute Gasteiger partial charge is 0.418 e. The Kier molecular flexibility index (Phi) is 12.2. The van der Waals surface area contributed by atoms with Gasteiger partial charge in [-0.15, -0.1) is 0 Å². The highest BCUT2D eigenvalue weighted by Crippen LogP contribution is 2.31. The van der Waals surface area contributed by atoms with Crippen LogP contribution in [0, 0.1) is 6.92 Å². The predicted octanol–water partition coefficient (Wildman–Crippen LogP) is 5.78. The lowest BCUT2D eigenvalue weighted by Crippen LogP contribution is -2.36. The topological polar surface area (TPSA) is 104 Å². The largest absolute Gasteiger partial charge is 0.491 e. The van der Waals surface area contributed by atoms with Gasteiger partial charge in [0.1, 0.15) is 5.75 Å². The highest BCUT2D eigenvalue weighted by Gasteiger charge is 2.25. The molecule has 1 aromatic rings. The summed E-state index contributed by atoms with van der Waals surface area (Å²) in [4.78, 5) is 35.9. The quantitative estimate of drug-likeness (QED) is 0.348. The van der Waals surface area contributed by atoms with Crippen molar-refractivity contribution in [2.45, 2.75) is 84.5 Å². The molecule has 0 fully saturated rings. The number of carboxylic acids is 1. The second-order valence-electron chi connectivity index (χ2n) is 7.55. The third-order valence-corrected chi connectivity index (χ3v) is 4.83. The Balaban J connectivity index is 2.67. The van der Waals surface area contributed by atoms with Crippen LogP contribution in [0.15, 0.2) is 18.2 Å². The molecule has 1 aromatic carbocycles. The average Bonchev–Trinajstić information content (AvgIpc) is 2.68. The molecule has 0 unspecified atom stereocenters. The zero-order valence-electron chi connectivity index (χ0n) is 18.2. The summed E-state index contributed by atoms with van der Waals surface area (Å²) in [6.07, 6.45) is 7.72. The summed E-state index contributed by atoms with van der Waals surface area (Å²) < 4.78 is 5.59. The molecule has 0 saturated carbocycles. The van der Waals surface area contributed by atoms with Gasteiger partial charge < -0.3 is 14.9 Å². The second-order valence-corrected chi connectivity index (χ2v) is 7.55. The van der Waals surface area contributed by atoms with Gasteiger partial charge in [-0.05, 0) is 37.5 Å². The molecule has 7 heteroatoms. The fraction of sp³-hybridized carbons (Fsp3) is 0.609. The number of hydrogen-bond donors (Lipinski definition) is 2. The zero-order valence-corrected chi connectivity index (χ0v) is 18.2. The van der Waals surface area contributed by atoms with Crippen molar-refractivity contribution in [3.8, 4) is 5.75 Å². The minimum absolute atomic E-state index is 0.0405. The maximum absolute atomic E-state index is 12.7. The first-order valence-electron chi connectivity index (χ1n) is 10.9. The highest BCUT2D eigenvalue weighted by molar-refractivity contribution is 6.12. The van der Waals surface area contributed by atoms with Crippen LogP contribution >= 0.6 is 0 Å². The van der Waals surface area contributed by atoms with Crippen molar-refractivity contribution in [3.05, 3.63) is 23.8 Å². The van der Waals surface area contributed by atoms with Crippen LogP contribution in [-0.4, -0.2) is 34.8 Å². The van der Waals surface area contributed by atoms with E-state index in [1.807, 2.05) is 0 Å². The third kappa shape index (κ3) is 9.76. The normalized spacial score (nSPS) is 10.6. The van der Waals surface area contributed by atoms with Gasteiger partial charge in [-0.3, -0.25) is 9.59 Å². The predicted molar refractivity (Wildman–Crippen MR) is 116 cm³/mol. The van der Waals surface area contributed by atoms with Crippen LogP contribution in [0.2, 0.25) is 0 Å². The molecule has 0 aliphatic heterocycles. The first kappa shape index (κ1) is 25.5. The number of benzene rings is 1. The van der Waals surface area contributed by atoms with E-state index in [2.05, 4.69) is 6.92 Å². The van der Waals surface area contributed by atoms with Crippen LogP contribution in [0.1, 0.15) is 83.1 Å². The van der Waals surface area contributed by atoms with Crippen LogP contribution in [0.4, 0.5) is 10.5 Å². The summed E-state index contributed by atoms with van der Waals surface area (Å²) in [6.45, 7) is 4.11. The van der Waals surface area contributed by atoms with Crippen molar-refractivity contribution < 1.29 is 29.3 Å². The average molecular weight is 422 g/mol. The minimum atomic E-state index is -1.35. The number of unbranched alkanes of at least 4 members (excludes halogenated alkanes) is 7. The molecule has 0 radical (unpaired) electrons. The van der Waals surface area contributed by atoms with Crippen LogP contribution in [0.3, 0.4) is 0 Å². The number of nitrogens with zero attached hydrogens (tertiary/aromatic N) is 1. The number of anilines is 1. The summed E-state index contributed by atoms with van der Waals surface area (Å²) in [5.74, 6) is -1.14. The summed E-state index contributed by atoms with van der Waals surface area (Å²) in [6, 6.07) is 4.98. The van der Waals surface area contributed by atoms with Crippen LogP contribution in [-0.2, 0) is 9.59 Å². The maximum Gasteiger partial charge on any atom is 0.418 e. The van der Waals surface area contributed by atoms with Crippen molar-refractivity contribution >= 4 is 23.7 Å². The van der Waals surface area contributed by atoms with E-state index in [-0.39, 0.29) is 30.9 Å². The number of amides is 2. The van der Waals surface area contributed by atoms with Crippen molar-refractivity contribution in [2.24, 2.45) is 0 Å². The molecule has 0 aromatic heterocycles. The van der Waals surface area contributed by atoms with Gasteiger partial charge in [-0.25, -0.2) is 9.69 Å². The van der Waals surface area contributed by atoms with Crippen molar-refractivity contribution in [1.29, 1.82) is 0 Å². The SMILES string of the molecule is CCCCCCCCCCC(=O)N(C(=O)O)c1cc(C)ccc1OCCCC(=O)O. The molecular formula is C23H35NO6. The van der Waals surface area contributed by atoms with Crippen molar-refractivity contribution in [3.63, 3.8) is 0 Å². The van der Waals surface area contributed by atoms with Gasteiger partial charge >= 0.3 is 12.1 Å². The Morgan fingerprint density at radius 2 is 1.53 bits per heavy atom. The maximum atomic E-state index is 12.7. The summed E-state index contributed by atoms with van der Waals surface area (Å²) >= 11 is 0. The third-order valence-electron chi connectivity index (χ3n) is 4.83. The minimum Gasteiger partial charge on any atom is -0.491 e.